The van der Waals surface area contributed by atoms with Crippen LogP contribution in [0.25, 0.3) is 5.69 Å². The lowest BCUT2D eigenvalue weighted by Gasteiger charge is -2.16. The fourth-order valence-corrected chi connectivity index (χ4v) is 2.69. The predicted molar refractivity (Wildman–Crippen MR) is 99.0 cm³/mol. The van der Waals surface area contributed by atoms with Gasteiger partial charge in [-0.15, -0.1) is 0 Å². The molecule has 1 N–H and O–H groups in total. The van der Waals surface area contributed by atoms with Crippen LogP contribution >= 0.6 is 11.6 Å². The summed E-state index contributed by atoms with van der Waals surface area (Å²) < 4.78 is 6.77. The summed E-state index contributed by atoms with van der Waals surface area (Å²) >= 11 is 6.18. The Morgan fingerprint density at radius 2 is 2.04 bits per heavy atom. The van der Waals surface area contributed by atoms with E-state index in [4.69, 9.17) is 16.3 Å². The number of nitrogens with zero attached hydrogens (tertiary/aromatic N) is 2. The molecule has 128 valence electrons. The number of rotatable bonds is 5. The van der Waals surface area contributed by atoms with Crippen LogP contribution in [0.2, 0.25) is 5.02 Å². The smallest absolute Gasteiger partial charge is 0.374 e. The first kappa shape index (κ1) is 17.0. The van der Waals surface area contributed by atoms with Crippen LogP contribution in [0.3, 0.4) is 0 Å². The molecule has 6 heteroatoms. The van der Waals surface area contributed by atoms with E-state index in [0.717, 1.165) is 22.6 Å². The zero-order valence-corrected chi connectivity index (χ0v) is 14.7. The topological polar surface area (TPSA) is 56.1 Å². The van der Waals surface area contributed by atoms with E-state index in [1.165, 1.54) is 0 Å². The molecule has 2 aromatic carbocycles. The van der Waals surface area contributed by atoms with Crippen LogP contribution < -0.4 is 5.32 Å². The molecular weight excluding hydrogens is 338 g/mol. The Balaban J connectivity index is 2.05. The summed E-state index contributed by atoms with van der Waals surface area (Å²) in [5, 5.41) is 3.98. The number of carbonyl (C=O) groups excluding carboxylic acids is 1. The second kappa shape index (κ2) is 7.40. The van der Waals surface area contributed by atoms with Crippen molar-refractivity contribution in [2.24, 2.45) is 0 Å². The van der Waals surface area contributed by atoms with Gasteiger partial charge in [-0.3, -0.25) is 4.57 Å². The average molecular weight is 356 g/mol. The van der Waals surface area contributed by atoms with Gasteiger partial charge in [-0.25, -0.2) is 9.78 Å². The molecule has 0 saturated heterocycles. The van der Waals surface area contributed by atoms with Crippen molar-refractivity contribution in [3.8, 4) is 5.69 Å². The van der Waals surface area contributed by atoms with Crippen LogP contribution in [0.15, 0.2) is 54.9 Å². The van der Waals surface area contributed by atoms with E-state index in [9.17, 15) is 4.79 Å². The van der Waals surface area contributed by atoms with Gasteiger partial charge in [-0.1, -0.05) is 29.8 Å². The number of halogens is 1. The van der Waals surface area contributed by atoms with E-state index in [1.807, 2.05) is 43.3 Å². The van der Waals surface area contributed by atoms with Gasteiger partial charge in [0.2, 0.25) is 5.82 Å². The lowest BCUT2D eigenvalue weighted by atomic mass is 10.2. The van der Waals surface area contributed by atoms with E-state index in [1.54, 1.807) is 30.0 Å². The van der Waals surface area contributed by atoms with Crippen LogP contribution in [0.5, 0.6) is 0 Å². The van der Waals surface area contributed by atoms with Crippen LogP contribution in [0.4, 0.5) is 11.4 Å². The number of para-hydroxylation sites is 1. The number of ether oxygens (including phenoxy) is 1. The number of carbonyl (C=O) groups is 1. The molecule has 0 radical (unpaired) electrons. The quantitative estimate of drug-likeness (QED) is 0.671. The third-order valence-electron chi connectivity index (χ3n) is 3.73. The van der Waals surface area contributed by atoms with Crippen molar-refractivity contribution in [1.82, 2.24) is 9.55 Å². The molecule has 1 aromatic heterocycles. The zero-order chi connectivity index (χ0) is 17.8. The van der Waals surface area contributed by atoms with Crippen molar-refractivity contribution in [2.45, 2.75) is 13.8 Å². The highest BCUT2D eigenvalue weighted by molar-refractivity contribution is 6.31. The minimum Gasteiger partial charge on any atom is -0.460 e. The van der Waals surface area contributed by atoms with Gasteiger partial charge in [0.05, 0.1) is 18.0 Å². The number of anilines is 2. The molecule has 25 heavy (non-hydrogen) atoms. The van der Waals surface area contributed by atoms with Crippen molar-refractivity contribution >= 4 is 28.9 Å². The van der Waals surface area contributed by atoms with E-state index in [2.05, 4.69) is 10.3 Å². The highest BCUT2D eigenvalue weighted by Crippen LogP contribution is 2.29. The molecule has 0 unspecified atom stereocenters. The molecule has 0 aliphatic carbocycles. The summed E-state index contributed by atoms with van der Waals surface area (Å²) in [5.74, 6) is -0.249. The van der Waals surface area contributed by atoms with Gasteiger partial charge in [0.25, 0.3) is 0 Å². The monoisotopic (exact) mass is 355 g/mol. The maximum Gasteiger partial charge on any atom is 0.374 e. The third-order valence-corrected chi connectivity index (χ3v) is 3.97. The van der Waals surface area contributed by atoms with Gasteiger partial charge in [0, 0.05) is 23.1 Å². The molecule has 3 rings (SSSR count). The number of hydrogen-bond acceptors (Lipinski definition) is 4. The molecule has 0 amide bonds. The first-order valence-corrected chi connectivity index (χ1v) is 8.31. The SMILES string of the molecule is CCOC(=O)c1nccn1-c1ccc(Cl)cc1Nc1ccccc1C. The highest BCUT2D eigenvalue weighted by atomic mass is 35.5. The maximum atomic E-state index is 12.1. The summed E-state index contributed by atoms with van der Waals surface area (Å²) in [5.41, 5.74) is 3.59. The molecule has 0 aliphatic heterocycles. The molecule has 0 fully saturated rings. The minimum absolute atomic E-state index is 0.219. The van der Waals surface area contributed by atoms with Gasteiger partial charge in [0.15, 0.2) is 0 Å². The molecule has 0 bridgehead atoms. The Kier molecular flexibility index (Phi) is 5.05. The molecule has 0 saturated carbocycles. The Labute approximate surface area is 151 Å². The van der Waals surface area contributed by atoms with Gasteiger partial charge < -0.3 is 10.1 Å². The fraction of sp³-hybridized carbons (Fsp3) is 0.158. The normalized spacial score (nSPS) is 10.5. The van der Waals surface area contributed by atoms with Gasteiger partial charge in [-0.05, 0) is 43.7 Å². The number of aryl methyl sites for hydroxylation is 1. The summed E-state index contributed by atoms with van der Waals surface area (Å²) in [6, 6.07) is 13.4. The number of esters is 1. The first-order chi connectivity index (χ1) is 12.1. The molecule has 0 atom stereocenters. The standard InChI is InChI=1S/C19H18ClN3O2/c1-3-25-19(24)18-21-10-11-23(18)17-9-8-14(20)12-16(17)22-15-7-5-4-6-13(15)2/h4-12,22H,3H2,1-2H3. The predicted octanol–water partition coefficient (Wildman–Crippen LogP) is 4.75. The lowest BCUT2D eigenvalue weighted by Crippen LogP contribution is -2.13. The van der Waals surface area contributed by atoms with E-state index in [0.29, 0.717) is 11.6 Å². The molecule has 1 heterocycles. The fourth-order valence-electron chi connectivity index (χ4n) is 2.52. The molecular formula is C19H18ClN3O2. The van der Waals surface area contributed by atoms with Gasteiger partial charge in [0.1, 0.15) is 0 Å². The Hall–Kier alpha value is -2.79. The number of benzene rings is 2. The van der Waals surface area contributed by atoms with Crippen LogP contribution in [-0.2, 0) is 4.74 Å². The van der Waals surface area contributed by atoms with E-state index >= 15 is 0 Å². The minimum atomic E-state index is -0.468. The molecule has 0 aliphatic rings. The van der Waals surface area contributed by atoms with Crippen molar-refractivity contribution < 1.29 is 9.53 Å². The van der Waals surface area contributed by atoms with Crippen molar-refractivity contribution in [3.05, 3.63) is 71.3 Å². The van der Waals surface area contributed by atoms with Crippen molar-refractivity contribution in [1.29, 1.82) is 0 Å². The largest absolute Gasteiger partial charge is 0.460 e. The van der Waals surface area contributed by atoms with Crippen molar-refractivity contribution in [2.75, 3.05) is 11.9 Å². The van der Waals surface area contributed by atoms with Crippen LogP contribution in [-0.4, -0.2) is 22.1 Å². The Morgan fingerprint density at radius 3 is 2.80 bits per heavy atom. The number of imidazole rings is 1. The summed E-state index contributed by atoms with van der Waals surface area (Å²) in [7, 11) is 0. The lowest BCUT2D eigenvalue weighted by molar-refractivity contribution is 0.0510. The average Bonchev–Trinajstić information content (AvgIpc) is 3.07. The van der Waals surface area contributed by atoms with Crippen molar-refractivity contribution in [3.63, 3.8) is 0 Å². The second-order valence-corrected chi connectivity index (χ2v) is 5.88. The summed E-state index contributed by atoms with van der Waals surface area (Å²) in [4.78, 5) is 16.3. The van der Waals surface area contributed by atoms with Gasteiger partial charge in [-0.2, -0.15) is 0 Å². The molecule has 3 aromatic rings. The number of nitrogens with one attached hydrogen (secondary N) is 1. The summed E-state index contributed by atoms with van der Waals surface area (Å²) in [6.45, 7) is 4.08. The second-order valence-electron chi connectivity index (χ2n) is 5.44. The first-order valence-electron chi connectivity index (χ1n) is 7.93. The molecule has 0 spiro atoms. The Bertz CT molecular complexity index is 905. The van der Waals surface area contributed by atoms with Gasteiger partial charge >= 0.3 is 5.97 Å². The van der Waals surface area contributed by atoms with E-state index < -0.39 is 5.97 Å². The maximum absolute atomic E-state index is 12.1. The highest BCUT2D eigenvalue weighted by Gasteiger charge is 2.17. The Morgan fingerprint density at radius 1 is 1.24 bits per heavy atom. The zero-order valence-electron chi connectivity index (χ0n) is 14.0. The third kappa shape index (κ3) is 3.67. The van der Waals surface area contributed by atoms with Crippen LogP contribution in [0, 0.1) is 6.92 Å². The summed E-state index contributed by atoms with van der Waals surface area (Å²) in [6.07, 6.45) is 3.29. The van der Waals surface area contributed by atoms with Crippen LogP contribution in [0.1, 0.15) is 23.1 Å². The number of hydrogen-bond donors (Lipinski definition) is 1. The number of aromatic nitrogens is 2. The molecule has 5 nitrogen and oxygen atoms in total. The van der Waals surface area contributed by atoms with E-state index in [-0.39, 0.29) is 5.82 Å².